The van der Waals surface area contributed by atoms with Crippen molar-refractivity contribution in [2.75, 3.05) is 12.4 Å². The second kappa shape index (κ2) is 7.40. The van der Waals surface area contributed by atoms with Crippen LogP contribution in [0.25, 0.3) is 0 Å². The van der Waals surface area contributed by atoms with Crippen LogP contribution in [0.1, 0.15) is 26.4 Å². The molecular weight excluding hydrogens is 316 g/mol. The number of aromatic nitrogens is 1. The molecular formula is C20H16N2O3. The molecule has 5 nitrogen and oxygen atoms in total. The Hall–Kier alpha value is -3.47. The normalized spacial score (nSPS) is 10.1. The van der Waals surface area contributed by atoms with E-state index in [1.807, 2.05) is 6.07 Å². The minimum absolute atomic E-state index is 0.0900. The van der Waals surface area contributed by atoms with E-state index in [4.69, 9.17) is 4.74 Å². The van der Waals surface area contributed by atoms with Gasteiger partial charge in [-0.05, 0) is 36.4 Å². The highest BCUT2D eigenvalue weighted by Gasteiger charge is 2.19. The van der Waals surface area contributed by atoms with Crippen molar-refractivity contribution in [1.82, 2.24) is 4.98 Å². The van der Waals surface area contributed by atoms with Crippen molar-refractivity contribution < 1.29 is 14.3 Å². The molecule has 0 atom stereocenters. The lowest BCUT2D eigenvalue weighted by Gasteiger charge is -2.09. The van der Waals surface area contributed by atoms with Crippen molar-refractivity contribution in [1.29, 1.82) is 0 Å². The summed E-state index contributed by atoms with van der Waals surface area (Å²) in [6.07, 6.45) is 1.49. The molecule has 0 saturated carbocycles. The Labute approximate surface area is 145 Å². The molecule has 0 radical (unpaired) electrons. The van der Waals surface area contributed by atoms with Crippen LogP contribution in [0, 0.1) is 0 Å². The third kappa shape index (κ3) is 3.72. The smallest absolute Gasteiger partial charge is 0.275 e. The molecule has 1 amide bonds. The van der Waals surface area contributed by atoms with Gasteiger partial charge in [-0.3, -0.25) is 14.6 Å². The van der Waals surface area contributed by atoms with Gasteiger partial charge >= 0.3 is 0 Å². The molecule has 1 N–H and O–H groups in total. The Kier molecular flexibility index (Phi) is 4.85. The van der Waals surface area contributed by atoms with Gasteiger partial charge in [0.15, 0.2) is 5.78 Å². The molecule has 0 fully saturated rings. The lowest BCUT2D eigenvalue weighted by atomic mass is 10.0. The molecule has 1 heterocycles. The molecule has 0 aliphatic heterocycles. The Balaban J connectivity index is 1.87. The van der Waals surface area contributed by atoms with Crippen LogP contribution in [-0.2, 0) is 0 Å². The van der Waals surface area contributed by atoms with E-state index in [2.05, 4.69) is 10.3 Å². The molecule has 1 aromatic heterocycles. The monoisotopic (exact) mass is 332 g/mol. The van der Waals surface area contributed by atoms with Crippen LogP contribution in [0.5, 0.6) is 5.75 Å². The first-order valence-corrected chi connectivity index (χ1v) is 7.69. The number of methoxy groups -OCH3 is 1. The van der Waals surface area contributed by atoms with Crippen molar-refractivity contribution in [2.45, 2.75) is 0 Å². The number of benzene rings is 2. The van der Waals surface area contributed by atoms with E-state index in [-0.39, 0.29) is 17.0 Å². The topological polar surface area (TPSA) is 68.3 Å². The minimum Gasteiger partial charge on any atom is -0.497 e. The highest BCUT2D eigenvalue weighted by atomic mass is 16.5. The first-order chi connectivity index (χ1) is 12.2. The van der Waals surface area contributed by atoms with E-state index >= 15 is 0 Å². The number of ketones is 1. The number of nitrogens with zero attached hydrogens (tertiary/aromatic N) is 1. The average molecular weight is 332 g/mol. The van der Waals surface area contributed by atoms with Crippen LogP contribution in [0.4, 0.5) is 5.69 Å². The standard InChI is InChI=1S/C20H16N2O3/c1-25-16-11-9-15(10-12-16)22-20(24)18-17(8-5-13-21-18)19(23)14-6-3-2-4-7-14/h2-13H,1H3,(H,22,24). The van der Waals surface area contributed by atoms with Gasteiger partial charge in [0.25, 0.3) is 5.91 Å². The Morgan fingerprint density at radius 1 is 0.920 bits per heavy atom. The Morgan fingerprint density at radius 2 is 1.64 bits per heavy atom. The molecule has 0 aliphatic carbocycles. The number of hydrogen-bond acceptors (Lipinski definition) is 4. The number of carbonyl (C=O) groups excluding carboxylic acids is 2. The van der Waals surface area contributed by atoms with Gasteiger partial charge in [-0.1, -0.05) is 30.3 Å². The summed E-state index contributed by atoms with van der Waals surface area (Å²) in [5.41, 5.74) is 1.45. The third-order valence-electron chi connectivity index (χ3n) is 3.65. The van der Waals surface area contributed by atoms with Crippen LogP contribution >= 0.6 is 0 Å². The number of ether oxygens (including phenoxy) is 1. The number of anilines is 1. The van der Waals surface area contributed by atoms with Crippen LogP contribution in [0.15, 0.2) is 72.9 Å². The zero-order valence-corrected chi connectivity index (χ0v) is 13.6. The number of hydrogen-bond donors (Lipinski definition) is 1. The lowest BCUT2D eigenvalue weighted by Crippen LogP contribution is -2.18. The van der Waals surface area contributed by atoms with Gasteiger partial charge in [-0.25, -0.2) is 0 Å². The summed E-state index contributed by atoms with van der Waals surface area (Å²) in [5, 5.41) is 2.75. The molecule has 0 spiro atoms. The zero-order valence-electron chi connectivity index (χ0n) is 13.6. The molecule has 2 aromatic carbocycles. The van der Waals surface area contributed by atoms with Crippen molar-refractivity contribution in [3.63, 3.8) is 0 Å². The Bertz CT molecular complexity index is 890. The predicted octanol–water partition coefficient (Wildman–Crippen LogP) is 3.57. The van der Waals surface area contributed by atoms with E-state index < -0.39 is 5.91 Å². The number of nitrogens with one attached hydrogen (secondary N) is 1. The van der Waals surface area contributed by atoms with Gasteiger partial charge in [0, 0.05) is 17.4 Å². The third-order valence-corrected chi connectivity index (χ3v) is 3.65. The maximum Gasteiger partial charge on any atom is 0.275 e. The van der Waals surface area contributed by atoms with E-state index in [1.165, 1.54) is 6.20 Å². The van der Waals surface area contributed by atoms with Crippen molar-refractivity contribution in [2.24, 2.45) is 0 Å². The molecule has 5 heteroatoms. The molecule has 0 bridgehead atoms. The van der Waals surface area contributed by atoms with E-state index in [0.717, 1.165) is 0 Å². The molecule has 3 rings (SSSR count). The molecule has 0 aliphatic rings. The van der Waals surface area contributed by atoms with Crippen molar-refractivity contribution in [3.8, 4) is 5.75 Å². The summed E-state index contributed by atoms with van der Waals surface area (Å²) in [7, 11) is 1.57. The summed E-state index contributed by atoms with van der Waals surface area (Å²) in [4.78, 5) is 29.3. The van der Waals surface area contributed by atoms with Crippen LogP contribution in [0.3, 0.4) is 0 Å². The van der Waals surface area contributed by atoms with Gasteiger partial charge in [-0.15, -0.1) is 0 Å². The van der Waals surface area contributed by atoms with Gasteiger partial charge in [0.2, 0.25) is 0 Å². The number of carbonyl (C=O) groups is 2. The summed E-state index contributed by atoms with van der Waals surface area (Å²) < 4.78 is 5.09. The SMILES string of the molecule is COc1ccc(NC(=O)c2ncccc2C(=O)c2ccccc2)cc1. The van der Waals surface area contributed by atoms with Crippen LogP contribution in [0.2, 0.25) is 0 Å². The lowest BCUT2D eigenvalue weighted by molar-refractivity contribution is 0.0992. The van der Waals surface area contributed by atoms with Crippen molar-refractivity contribution >= 4 is 17.4 Å². The number of rotatable bonds is 5. The van der Waals surface area contributed by atoms with E-state index in [9.17, 15) is 9.59 Å². The highest BCUT2D eigenvalue weighted by molar-refractivity contribution is 6.16. The highest BCUT2D eigenvalue weighted by Crippen LogP contribution is 2.18. The second-order valence-corrected chi connectivity index (χ2v) is 5.28. The fourth-order valence-corrected chi connectivity index (χ4v) is 2.38. The molecule has 3 aromatic rings. The maximum atomic E-state index is 12.7. The maximum absolute atomic E-state index is 12.7. The van der Waals surface area contributed by atoms with Gasteiger partial charge in [0.05, 0.1) is 12.7 Å². The first kappa shape index (κ1) is 16.4. The number of pyridine rings is 1. The number of amides is 1. The predicted molar refractivity (Wildman–Crippen MR) is 95.1 cm³/mol. The molecule has 25 heavy (non-hydrogen) atoms. The largest absolute Gasteiger partial charge is 0.497 e. The van der Waals surface area contributed by atoms with E-state index in [0.29, 0.717) is 17.0 Å². The summed E-state index contributed by atoms with van der Waals surface area (Å²) in [6, 6.07) is 19.0. The van der Waals surface area contributed by atoms with Crippen LogP contribution in [-0.4, -0.2) is 23.8 Å². The quantitative estimate of drug-likeness (QED) is 0.725. The Morgan fingerprint density at radius 3 is 2.32 bits per heavy atom. The second-order valence-electron chi connectivity index (χ2n) is 5.28. The van der Waals surface area contributed by atoms with Gasteiger partial charge < -0.3 is 10.1 Å². The first-order valence-electron chi connectivity index (χ1n) is 7.69. The van der Waals surface area contributed by atoms with Gasteiger partial charge in [-0.2, -0.15) is 0 Å². The fourth-order valence-electron chi connectivity index (χ4n) is 2.38. The van der Waals surface area contributed by atoms with Gasteiger partial charge in [0.1, 0.15) is 11.4 Å². The molecule has 0 saturated heterocycles. The minimum atomic E-state index is -0.440. The molecule has 0 unspecified atom stereocenters. The van der Waals surface area contributed by atoms with Crippen molar-refractivity contribution in [3.05, 3.63) is 89.7 Å². The molecule has 124 valence electrons. The summed E-state index contributed by atoms with van der Waals surface area (Å²) in [6.45, 7) is 0. The van der Waals surface area contributed by atoms with Crippen LogP contribution < -0.4 is 10.1 Å². The summed E-state index contributed by atoms with van der Waals surface area (Å²) >= 11 is 0. The summed E-state index contributed by atoms with van der Waals surface area (Å²) in [5.74, 6) is 0.00871. The zero-order chi connectivity index (χ0) is 17.6. The fraction of sp³-hybridized carbons (Fsp3) is 0.0500. The average Bonchev–Trinajstić information content (AvgIpc) is 2.68. The van der Waals surface area contributed by atoms with E-state index in [1.54, 1.807) is 67.8 Å².